The zero-order valence-corrected chi connectivity index (χ0v) is 22.7. The van der Waals surface area contributed by atoms with Gasteiger partial charge in [-0.05, 0) is 80.0 Å². The minimum atomic E-state index is -0.719. The van der Waals surface area contributed by atoms with Gasteiger partial charge in [-0.15, -0.1) is 0 Å². The molecule has 1 saturated carbocycles. The van der Waals surface area contributed by atoms with Gasteiger partial charge in [0, 0.05) is 48.7 Å². The van der Waals surface area contributed by atoms with Gasteiger partial charge in [-0.25, -0.2) is 0 Å². The Kier molecular flexibility index (Phi) is 9.44. The number of hydrogen-bond donors (Lipinski definition) is 4. The minimum absolute atomic E-state index is 0.0711. The summed E-state index contributed by atoms with van der Waals surface area (Å²) in [6.07, 6.45) is 7.22. The highest BCUT2D eigenvalue weighted by Crippen LogP contribution is 2.28. The molecule has 1 fully saturated rings. The Balaban J connectivity index is 1.49. The molecule has 3 aromatic rings. The second-order valence-corrected chi connectivity index (χ2v) is 10.3. The second kappa shape index (κ2) is 13.2. The Morgan fingerprint density at radius 3 is 2.31 bits per heavy atom. The number of aromatic nitrogens is 1. The summed E-state index contributed by atoms with van der Waals surface area (Å²) < 4.78 is 0. The Morgan fingerprint density at radius 1 is 1.00 bits per heavy atom. The number of rotatable bonds is 9. The van der Waals surface area contributed by atoms with Crippen LogP contribution in [0.5, 0.6) is 0 Å². The molecule has 39 heavy (non-hydrogen) atoms. The second-order valence-electron chi connectivity index (χ2n) is 10.3. The highest BCUT2D eigenvalue weighted by molar-refractivity contribution is 6.00. The largest absolute Gasteiger partial charge is 0.397 e. The predicted molar refractivity (Wildman–Crippen MR) is 157 cm³/mol. The topological polar surface area (TPSA) is 135 Å². The number of nitrogens with one attached hydrogen (secondary N) is 2. The third kappa shape index (κ3) is 7.51. The van der Waals surface area contributed by atoms with E-state index in [0.717, 1.165) is 53.6 Å². The molecule has 8 heteroatoms. The number of nitrogen functional groups attached to an aromatic ring is 1. The number of nitrogens with two attached hydrogens (primary N) is 2. The Bertz CT molecular complexity index is 1300. The number of carbonyl (C=O) groups excluding carboxylic acids is 2. The average molecular weight is 527 g/mol. The quantitative estimate of drug-likeness (QED) is 0.310. The maximum absolute atomic E-state index is 13.4. The van der Waals surface area contributed by atoms with Crippen molar-refractivity contribution in [2.45, 2.75) is 45.1 Å². The highest BCUT2D eigenvalue weighted by atomic mass is 16.2. The van der Waals surface area contributed by atoms with Gasteiger partial charge in [-0.2, -0.15) is 0 Å². The van der Waals surface area contributed by atoms with E-state index < -0.39 is 6.04 Å². The van der Waals surface area contributed by atoms with Crippen LogP contribution in [-0.4, -0.2) is 42.1 Å². The van der Waals surface area contributed by atoms with Crippen LogP contribution in [0.2, 0.25) is 0 Å². The molecule has 0 aliphatic heterocycles. The van der Waals surface area contributed by atoms with Gasteiger partial charge in [0.05, 0.1) is 5.69 Å². The van der Waals surface area contributed by atoms with Gasteiger partial charge in [-0.3, -0.25) is 19.6 Å². The molecule has 0 spiro atoms. The smallest absolute Gasteiger partial charge is 0.247 e. The van der Waals surface area contributed by atoms with Crippen molar-refractivity contribution in [1.82, 2.24) is 10.3 Å². The molecule has 1 atom stereocenters. The zero-order chi connectivity index (χ0) is 27.8. The molecule has 1 aromatic heterocycles. The zero-order valence-electron chi connectivity index (χ0n) is 22.7. The van der Waals surface area contributed by atoms with Gasteiger partial charge >= 0.3 is 0 Å². The Hall–Kier alpha value is -4.04. The lowest BCUT2D eigenvalue weighted by atomic mass is 9.81. The van der Waals surface area contributed by atoms with E-state index in [4.69, 9.17) is 11.5 Å². The number of benzene rings is 2. The Labute approximate surface area is 230 Å². The van der Waals surface area contributed by atoms with E-state index in [1.54, 1.807) is 19.4 Å². The fraction of sp³-hybridized carbons (Fsp3) is 0.355. The van der Waals surface area contributed by atoms with Crippen molar-refractivity contribution in [2.24, 2.45) is 22.6 Å². The standard InChI is InChI=1S/C31H38N6O2/c1-20(34-2)23-11-13-28(14-12-23)36-31(39)29(37-30(38)25-9-5-22(17-32)6-10-25)15-21-3-7-24(8-4-21)26-16-27(33)19-35-18-26/h3-4,7-8,11-14,16,18-19,22,25,29H,5-6,9-10,15,17,32-33H2,1-2H3,(H,36,39)(H,37,38)/t22?,25?,29-/m0/s1. The molecule has 1 aliphatic rings. The molecule has 2 aromatic carbocycles. The van der Waals surface area contributed by atoms with Crippen LogP contribution in [0.4, 0.5) is 11.4 Å². The van der Waals surface area contributed by atoms with Crippen LogP contribution in [0.1, 0.15) is 43.7 Å². The molecule has 0 saturated heterocycles. The maximum Gasteiger partial charge on any atom is 0.247 e. The van der Waals surface area contributed by atoms with Crippen LogP contribution >= 0.6 is 0 Å². The number of aliphatic imine (C=N–C) groups is 1. The van der Waals surface area contributed by atoms with Crippen LogP contribution < -0.4 is 22.1 Å². The van der Waals surface area contributed by atoms with Gasteiger partial charge in [-0.1, -0.05) is 36.4 Å². The summed E-state index contributed by atoms with van der Waals surface area (Å²) in [6, 6.07) is 16.6. The van der Waals surface area contributed by atoms with Gasteiger partial charge < -0.3 is 22.1 Å². The first kappa shape index (κ1) is 28.0. The lowest BCUT2D eigenvalue weighted by Gasteiger charge is -2.28. The lowest BCUT2D eigenvalue weighted by molar-refractivity contribution is -0.130. The summed E-state index contributed by atoms with van der Waals surface area (Å²) in [4.78, 5) is 35.0. The molecule has 2 amide bonds. The van der Waals surface area contributed by atoms with Gasteiger partial charge in [0.15, 0.2) is 0 Å². The summed E-state index contributed by atoms with van der Waals surface area (Å²) in [5.41, 5.74) is 17.7. The van der Waals surface area contributed by atoms with Crippen LogP contribution in [0, 0.1) is 11.8 Å². The van der Waals surface area contributed by atoms with Crippen LogP contribution in [-0.2, 0) is 16.0 Å². The molecular weight excluding hydrogens is 488 g/mol. The maximum atomic E-state index is 13.4. The fourth-order valence-corrected chi connectivity index (χ4v) is 5.00. The summed E-state index contributed by atoms with van der Waals surface area (Å²) in [5, 5.41) is 6.03. The molecule has 6 N–H and O–H groups in total. The van der Waals surface area contributed by atoms with E-state index in [9.17, 15) is 9.59 Å². The molecule has 0 radical (unpaired) electrons. The Morgan fingerprint density at radius 2 is 1.69 bits per heavy atom. The van der Waals surface area contributed by atoms with Gasteiger partial charge in [0.2, 0.25) is 11.8 Å². The summed E-state index contributed by atoms with van der Waals surface area (Å²) in [6.45, 7) is 2.60. The molecule has 8 nitrogen and oxygen atoms in total. The van der Waals surface area contributed by atoms with E-state index >= 15 is 0 Å². The number of anilines is 2. The molecule has 0 bridgehead atoms. The third-order valence-electron chi connectivity index (χ3n) is 7.58. The van der Waals surface area contributed by atoms with E-state index in [2.05, 4.69) is 20.6 Å². The van der Waals surface area contributed by atoms with Crippen LogP contribution in [0.3, 0.4) is 0 Å². The first-order valence-electron chi connectivity index (χ1n) is 13.5. The monoisotopic (exact) mass is 526 g/mol. The minimum Gasteiger partial charge on any atom is -0.397 e. The SMILES string of the molecule is CN=C(C)c1ccc(NC(=O)[C@H](Cc2ccc(-c3cncc(N)c3)cc2)NC(=O)C2CCC(CN)CC2)cc1. The summed E-state index contributed by atoms with van der Waals surface area (Å²) >= 11 is 0. The van der Waals surface area contributed by atoms with Gasteiger partial charge in [0.1, 0.15) is 6.04 Å². The number of carbonyl (C=O) groups is 2. The average Bonchev–Trinajstić information content (AvgIpc) is 2.97. The van der Waals surface area contributed by atoms with Crippen molar-refractivity contribution in [1.29, 1.82) is 0 Å². The lowest BCUT2D eigenvalue weighted by Crippen LogP contribution is -2.48. The molecular formula is C31H38N6O2. The first-order chi connectivity index (χ1) is 18.9. The van der Waals surface area contributed by atoms with Crippen molar-refractivity contribution in [3.63, 3.8) is 0 Å². The first-order valence-corrected chi connectivity index (χ1v) is 13.5. The van der Waals surface area contributed by atoms with E-state index in [-0.39, 0.29) is 17.7 Å². The molecule has 204 valence electrons. The van der Waals surface area contributed by atoms with Gasteiger partial charge in [0.25, 0.3) is 0 Å². The van der Waals surface area contributed by atoms with Crippen molar-refractivity contribution >= 4 is 28.9 Å². The van der Waals surface area contributed by atoms with Crippen LogP contribution in [0.25, 0.3) is 11.1 Å². The molecule has 0 unspecified atom stereocenters. The van der Waals surface area contributed by atoms with Crippen molar-refractivity contribution in [3.8, 4) is 11.1 Å². The van der Waals surface area contributed by atoms with E-state index in [0.29, 0.717) is 30.3 Å². The molecule has 4 rings (SSSR count). The fourth-order valence-electron chi connectivity index (χ4n) is 5.00. The summed E-state index contributed by atoms with van der Waals surface area (Å²) in [5.74, 6) is 0.0539. The summed E-state index contributed by atoms with van der Waals surface area (Å²) in [7, 11) is 1.75. The number of nitrogens with zero attached hydrogens (tertiary/aromatic N) is 2. The van der Waals surface area contributed by atoms with Crippen LogP contribution in [0.15, 0.2) is 72.0 Å². The normalized spacial score (nSPS) is 18.3. The van der Waals surface area contributed by atoms with E-state index in [1.165, 1.54) is 0 Å². The molecule has 1 aliphatic carbocycles. The van der Waals surface area contributed by atoms with Crippen molar-refractivity contribution in [2.75, 3.05) is 24.6 Å². The van der Waals surface area contributed by atoms with Crippen molar-refractivity contribution < 1.29 is 9.59 Å². The van der Waals surface area contributed by atoms with Crippen molar-refractivity contribution in [3.05, 3.63) is 78.1 Å². The number of pyridine rings is 1. The predicted octanol–water partition coefficient (Wildman–Crippen LogP) is 4.20. The molecule has 1 heterocycles. The number of amides is 2. The third-order valence-corrected chi connectivity index (χ3v) is 7.58. The van der Waals surface area contributed by atoms with E-state index in [1.807, 2.05) is 61.5 Å². The highest BCUT2D eigenvalue weighted by Gasteiger charge is 2.29. The number of hydrogen-bond acceptors (Lipinski definition) is 6.